The molecule has 0 aliphatic carbocycles. The maximum Gasteiger partial charge on any atom is 0.291 e. The zero-order chi connectivity index (χ0) is 13.5. The Labute approximate surface area is 114 Å². The number of nitrogens with one attached hydrogen (secondary N) is 1. The summed E-state index contributed by atoms with van der Waals surface area (Å²) in [5.74, 6) is 0.635. The zero-order valence-electron chi connectivity index (χ0n) is 10.4. The van der Waals surface area contributed by atoms with Crippen molar-refractivity contribution in [1.29, 1.82) is 0 Å². The largest absolute Gasteiger partial charge is 0.385 e. The van der Waals surface area contributed by atoms with E-state index in [9.17, 15) is 10.1 Å². The Morgan fingerprint density at radius 3 is 2.89 bits per heavy atom. The first-order valence-electron chi connectivity index (χ1n) is 5.60. The summed E-state index contributed by atoms with van der Waals surface area (Å²) in [6.45, 7) is 3.18. The number of ether oxygens (including phenoxy) is 1. The lowest BCUT2D eigenvalue weighted by molar-refractivity contribution is -0.385. The second-order valence-corrected chi connectivity index (χ2v) is 4.61. The molecule has 7 heteroatoms. The van der Waals surface area contributed by atoms with Crippen LogP contribution < -0.4 is 5.32 Å². The Hall–Kier alpha value is -1.21. The van der Waals surface area contributed by atoms with Gasteiger partial charge in [0.25, 0.3) is 5.69 Å². The molecule has 1 rings (SSSR count). The predicted octanol–water partition coefficient (Wildman–Crippen LogP) is 2.90. The number of unbranched alkanes of at least 4 members (excludes halogenated alkanes) is 1. The molecule has 0 spiro atoms. The molecule has 0 bridgehead atoms. The number of nitrogens with zero attached hydrogens (tertiary/aromatic N) is 2. The van der Waals surface area contributed by atoms with Gasteiger partial charge < -0.3 is 10.1 Å². The van der Waals surface area contributed by atoms with Crippen LogP contribution in [0, 0.1) is 17.0 Å². The van der Waals surface area contributed by atoms with E-state index in [0.29, 0.717) is 15.9 Å². The molecule has 100 valence electrons. The van der Waals surface area contributed by atoms with Crippen molar-refractivity contribution in [2.24, 2.45) is 0 Å². The van der Waals surface area contributed by atoms with Gasteiger partial charge in [-0.05, 0) is 35.7 Å². The van der Waals surface area contributed by atoms with E-state index in [2.05, 4.69) is 26.2 Å². The molecule has 0 saturated carbocycles. The summed E-state index contributed by atoms with van der Waals surface area (Å²) in [7, 11) is 1.67. The van der Waals surface area contributed by atoms with Crippen molar-refractivity contribution in [2.75, 3.05) is 25.6 Å². The van der Waals surface area contributed by atoms with E-state index in [1.807, 2.05) is 0 Å². The van der Waals surface area contributed by atoms with Crippen LogP contribution in [-0.4, -0.2) is 30.2 Å². The number of aromatic nitrogens is 1. The first-order valence-corrected chi connectivity index (χ1v) is 6.39. The summed E-state index contributed by atoms with van der Waals surface area (Å²) in [4.78, 5) is 14.3. The number of pyridine rings is 1. The van der Waals surface area contributed by atoms with Crippen molar-refractivity contribution in [1.82, 2.24) is 4.98 Å². The summed E-state index contributed by atoms with van der Waals surface area (Å²) in [6.07, 6.45) is 3.20. The van der Waals surface area contributed by atoms with E-state index in [1.54, 1.807) is 14.0 Å². The predicted molar refractivity (Wildman–Crippen MR) is 72.9 cm³/mol. The third-order valence-electron chi connectivity index (χ3n) is 2.50. The average Bonchev–Trinajstić information content (AvgIpc) is 2.33. The van der Waals surface area contributed by atoms with E-state index in [-0.39, 0.29) is 5.69 Å². The number of halogens is 1. The van der Waals surface area contributed by atoms with Crippen LogP contribution in [0.15, 0.2) is 10.7 Å². The standard InChI is InChI=1S/C11H16BrN3O3/c1-8-9(15(16)17)7-14-11(10(8)12)13-5-3-4-6-18-2/h7H,3-6H2,1-2H3,(H,13,14). The third kappa shape index (κ3) is 3.92. The number of hydrogen-bond donors (Lipinski definition) is 1. The second-order valence-electron chi connectivity index (χ2n) is 3.81. The Bertz CT molecular complexity index is 426. The molecule has 0 atom stereocenters. The molecule has 1 aromatic rings. The van der Waals surface area contributed by atoms with Crippen LogP contribution in [0.4, 0.5) is 11.5 Å². The molecule has 0 aromatic carbocycles. The topological polar surface area (TPSA) is 77.3 Å². The molecule has 1 heterocycles. The number of methoxy groups -OCH3 is 1. The van der Waals surface area contributed by atoms with Crippen molar-refractivity contribution in [3.8, 4) is 0 Å². The fraction of sp³-hybridized carbons (Fsp3) is 0.545. The van der Waals surface area contributed by atoms with Crippen molar-refractivity contribution in [3.63, 3.8) is 0 Å². The maximum absolute atomic E-state index is 10.7. The Kier molecular flexibility index (Phi) is 6.00. The van der Waals surface area contributed by atoms with Gasteiger partial charge in [0.2, 0.25) is 0 Å². The van der Waals surface area contributed by atoms with Crippen molar-refractivity contribution < 1.29 is 9.66 Å². The molecule has 6 nitrogen and oxygen atoms in total. The molecular weight excluding hydrogens is 302 g/mol. The highest BCUT2D eigenvalue weighted by atomic mass is 79.9. The normalized spacial score (nSPS) is 10.4. The molecule has 0 aliphatic heterocycles. The number of nitro groups is 1. The molecule has 0 radical (unpaired) electrons. The SMILES string of the molecule is COCCCCNc1ncc([N+](=O)[O-])c(C)c1Br. The van der Waals surface area contributed by atoms with Crippen LogP contribution >= 0.6 is 15.9 Å². The van der Waals surface area contributed by atoms with Gasteiger partial charge in [0.05, 0.1) is 9.40 Å². The Balaban J connectivity index is 2.62. The summed E-state index contributed by atoms with van der Waals surface area (Å²) >= 11 is 3.33. The lowest BCUT2D eigenvalue weighted by Gasteiger charge is -2.09. The smallest absolute Gasteiger partial charge is 0.291 e. The van der Waals surface area contributed by atoms with Crippen molar-refractivity contribution in [3.05, 3.63) is 26.3 Å². The lowest BCUT2D eigenvalue weighted by Crippen LogP contribution is -2.06. The molecular formula is C11H16BrN3O3. The van der Waals surface area contributed by atoms with E-state index in [0.717, 1.165) is 26.0 Å². The van der Waals surface area contributed by atoms with E-state index in [1.165, 1.54) is 6.20 Å². The Morgan fingerprint density at radius 2 is 2.28 bits per heavy atom. The minimum absolute atomic E-state index is 0.0202. The molecule has 1 N–H and O–H groups in total. The second kappa shape index (κ2) is 7.27. The monoisotopic (exact) mass is 317 g/mol. The highest BCUT2D eigenvalue weighted by Crippen LogP contribution is 2.30. The molecule has 0 amide bonds. The number of anilines is 1. The fourth-order valence-electron chi connectivity index (χ4n) is 1.45. The Morgan fingerprint density at radius 1 is 1.56 bits per heavy atom. The molecule has 0 saturated heterocycles. The van der Waals surface area contributed by atoms with E-state index in [4.69, 9.17) is 4.74 Å². The molecule has 0 fully saturated rings. The van der Waals surface area contributed by atoms with Crippen LogP contribution in [0.25, 0.3) is 0 Å². The number of hydrogen-bond acceptors (Lipinski definition) is 5. The molecule has 18 heavy (non-hydrogen) atoms. The highest BCUT2D eigenvalue weighted by molar-refractivity contribution is 9.10. The van der Waals surface area contributed by atoms with Gasteiger partial charge in [-0.3, -0.25) is 10.1 Å². The summed E-state index contributed by atoms with van der Waals surface area (Å²) < 4.78 is 5.59. The minimum Gasteiger partial charge on any atom is -0.385 e. The van der Waals surface area contributed by atoms with Crippen molar-refractivity contribution >= 4 is 27.4 Å². The fourth-order valence-corrected chi connectivity index (χ4v) is 1.90. The van der Waals surface area contributed by atoms with Gasteiger partial charge in [0.1, 0.15) is 12.0 Å². The maximum atomic E-state index is 10.7. The van der Waals surface area contributed by atoms with E-state index < -0.39 is 4.92 Å². The van der Waals surface area contributed by atoms with Gasteiger partial charge in [-0.15, -0.1) is 0 Å². The third-order valence-corrected chi connectivity index (χ3v) is 3.47. The van der Waals surface area contributed by atoms with Crippen molar-refractivity contribution in [2.45, 2.75) is 19.8 Å². The summed E-state index contributed by atoms with van der Waals surface area (Å²) in [5, 5.41) is 13.9. The first kappa shape index (κ1) is 14.8. The van der Waals surface area contributed by atoms with Gasteiger partial charge in [0, 0.05) is 25.8 Å². The first-order chi connectivity index (χ1) is 8.57. The van der Waals surface area contributed by atoms with Crippen LogP contribution in [-0.2, 0) is 4.74 Å². The van der Waals surface area contributed by atoms with Gasteiger partial charge in [-0.2, -0.15) is 0 Å². The number of rotatable bonds is 7. The molecule has 1 aromatic heterocycles. The van der Waals surface area contributed by atoms with Crippen LogP contribution in [0.5, 0.6) is 0 Å². The van der Waals surface area contributed by atoms with Gasteiger partial charge in [0.15, 0.2) is 0 Å². The van der Waals surface area contributed by atoms with Gasteiger partial charge >= 0.3 is 0 Å². The van der Waals surface area contributed by atoms with Gasteiger partial charge in [-0.1, -0.05) is 0 Å². The minimum atomic E-state index is -0.435. The van der Waals surface area contributed by atoms with E-state index >= 15 is 0 Å². The zero-order valence-corrected chi connectivity index (χ0v) is 12.0. The van der Waals surface area contributed by atoms with Crippen LogP contribution in [0.1, 0.15) is 18.4 Å². The van der Waals surface area contributed by atoms with Gasteiger partial charge in [-0.25, -0.2) is 4.98 Å². The summed E-state index contributed by atoms with van der Waals surface area (Å²) in [5.41, 5.74) is 0.598. The highest BCUT2D eigenvalue weighted by Gasteiger charge is 2.16. The van der Waals surface area contributed by atoms with Crippen LogP contribution in [0.3, 0.4) is 0 Å². The summed E-state index contributed by atoms with van der Waals surface area (Å²) in [6, 6.07) is 0. The average molecular weight is 318 g/mol. The molecule has 0 aliphatic rings. The van der Waals surface area contributed by atoms with Crippen LogP contribution in [0.2, 0.25) is 0 Å². The quantitative estimate of drug-likeness (QED) is 0.475. The lowest BCUT2D eigenvalue weighted by atomic mass is 10.2. The molecule has 0 unspecified atom stereocenters.